The first-order valence-corrected chi connectivity index (χ1v) is 7.27. The van der Waals surface area contributed by atoms with Gasteiger partial charge in [0.15, 0.2) is 11.6 Å². The number of benzene rings is 2. The van der Waals surface area contributed by atoms with Crippen molar-refractivity contribution in [2.75, 3.05) is 0 Å². The van der Waals surface area contributed by atoms with Gasteiger partial charge in [0.1, 0.15) is 16.5 Å². The van der Waals surface area contributed by atoms with E-state index in [1.54, 1.807) is 19.9 Å². The smallest absolute Gasteiger partial charge is 0.342 e. The maximum Gasteiger partial charge on any atom is 0.342 e. The van der Waals surface area contributed by atoms with E-state index in [-0.39, 0.29) is 17.9 Å². The lowest BCUT2D eigenvalue weighted by Gasteiger charge is -2.09. The molecule has 0 saturated heterocycles. The fraction of sp³-hybridized carbons (Fsp3) is 0.143. The molecule has 0 aliphatic heterocycles. The monoisotopic (exact) mass is 316 g/mol. The molecule has 0 unspecified atom stereocenters. The summed E-state index contributed by atoms with van der Waals surface area (Å²) in [6, 6.07) is 5.07. The van der Waals surface area contributed by atoms with Crippen molar-refractivity contribution in [1.82, 2.24) is 0 Å². The predicted octanol–water partition coefficient (Wildman–Crippen LogP) is 3.49. The number of hydrogen-bond acceptors (Lipinski definition) is 3. The van der Waals surface area contributed by atoms with E-state index < -0.39 is 32.5 Å². The minimum Gasteiger partial charge on any atom is -0.379 e. The second-order valence-corrected chi connectivity index (χ2v) is 6.07. The molecule has 0 amide bonds. The van der Waals surface area contributed by atoms with Crippen LogP contribution in [0.2, 0.25) is 0 Å². The number of halogens is 3. The van der Waals surface area contributed by atoms with Crippen molar-refractivity contribution >= 4 is 10.1 Å². The van der Waals surface area contributed by atoms with Gasteiger partial charge in [-0.25, -0.2) is 13.2 Å². The Morgan fingerprint density at radius 1 is 0.810 bits per heavy atom. The Morgan fingerprint density at radius 3 is 1.90 bits per heavy atom. The van der Waals surface area contributed by atoms with Crippen molar-refractivity contribution < 1.29 is 25.8 Å². The molecule has 0 N–H and O–H groups in total. The van der Waals surface area contributed by atoms with Gasteiger partial charge in [0.2, 0.25) is 0 Å². The summed E-state index contributed by atoms with van der Waals surface area (Å²) in [4.78, 5) is -1.06. The Morgan fingerprint density at radius 2 is 1.33 bits per heavy atom. The molecule has 0 aliphatic carbocycles. The summed E-state index contributed by atoms with van der Waals surface area (Å²) in [5.41, 5.74) is 1.48. The van der Waals surface area contributed by atoms with Crippen molar-refractivity contribution in [3.8, 4) is 5.75 Å². The van der Waals surface area contributed by atoms with Gasteiger partial charge < -0.3 is 4.18 Å². The van der Waals surface area contributed by atoms with Crippen molar-refractivity contribution in [2.24, 2.45) is 0 Å². The lowest BCUT2D eigenvalue weighted by molar-refractivity contribution is 0.459. The highest BCUT2D eigenvalue weighted by Crippen LogP contribution is 2.24. The third-order valence-electron chi connectivity index (χ3n) is 2.65. The second kappa shape index (κ2) is 5.40. The third kappa shape index (κ3) is 3.36. The highest BCUT2D eigenvalue weighted by Gasteiger charge is 2.24. The van der Waals surface area contributed by atoms with E-state index in [1.165, 1.54) is 12.1 Å². The van der Waals surface area contributed by atoms with E-state index in [9.17, 15) is 21.6 Å². The van der Waals surface area contributed by atoms with Crippen LogP contribution in [0.25, 0.3) is 0 Å². The predicted molar refractivity (Wildman–Crippen MR) is 70.0 cm³/mol. The van der Waals surface area contributed by atoms with E-state index in [1.807, 2.05) is 0 Å². The summed E-state index contributed by atoms with van der Waals surface area (Å²) < 4.78 is 68.1. The fourth-order valence-electron chi connectivity index (χ4n) is 1.85. The minimum absolute atomic E-state index is 0.0309. The van der Waals surface area contributed by atoms with Gasteiger partial charge in [0.25, 0.3) is 0 Å². The van der Waals surface area contributed by atoms with E-state index in [2.05, 4.69) is 0 Å². The van der Waals surface area contributed by atoms with Gasteiger partial charge in [-0.15, -0.1) is 0 Å². The molecule has 0 atom stereocenters. The summed E-state index contributed by atoms with van der Waals surface area (Å²) in [6.07, 6.45) is 0. The fourth-order valence-corrected chi connectivity index (χ4v) is 2.83. The van der Waals surface area contributed by atoms with Gasteiger partial charge in [-0.1, -0.05) is 6.07 Å². The Balaban J connectivity index is 2.45. The van der Waals surface area contributed by atoms with E-state index in [0.717, 1.165) is 11.1 Å². The minimum atomic E-state index is -4.60. The van der Waals surface area contributed by atoms with Gasteiger partial charge in [-0.3, -0.25) is 0 Å². The van der Waals surface area contributed by atoms with Crippen LogP contribution in [0.15, 0.2) is 35.2 Å². The number of rotatable bonds is 3. The molecule has 7 heteroatoms. The maximum atomic E-state index is 13.5. The quantitative estimate of drug-likeness (QED) is 0.643. The van der Waals surface area contributed by atoms with Crippen LogP contribution in [0.1, 0.15) is 11.1 Å². The molecule has 0 fully saturated rings. The molecule has 0 heterocycles. The Labute approximate surface area is 120 Å². The van der Waals surface area contributed by atoms with Crippen LogP contribution in [-0.4, -0.2) is 8.42 Å². The highest BCUT2D eigenvalue weighted by molar-refractivity contribution is 7.87. The molecule has 0 bridgehead atoms. The first-order chi connectivity index (χ1) is 9.69. The summed E-state index contributed by atoms with van der Waals surface area (Å²) in [5.74, 6) is -4.40. The zero-order valence-electron chi connectivity index (χ0n) is 11.2. The van der Waals surface area contributed by atoms with Crippen molar-refractivity contribution in [1.29, 1.82) is 0 Å². The van der Waals surface area contributed by atoms with Crippen LogP contribution in [0.5, 0.6) is 5.75 Å². The molecule has 2 rings (SSSR count). The molecule has 0 saturated carbocycles. The summed E-state index contributed by atoms with van der Waals surface area (Å²) in [7, 11) is -4.60. The molecule has 3 nitrogen and oxygen atoms in total. The van der Waals surface area contributed by atoms with Crippen molar-refractivity contribution in [3.63, 3.8) is 0 Å². The third-order valence-corrected chi connectivity index (χ3v) is 3.91. The summed E-state index contributed by atoms with van der Waals surface area (Å²) in [6.45, 7) is 3.45. The summed E-state index contributed by atoms with van der Waals surface area (Å²) >= 11 is 0. The molecule has 21 heavy (non-hydrogen) atoms. The van der Waals surface area contributed by atoms with Gasteiger partial charge in [0.05, 0.1) is 0 Å². The van der Waals surface area contributed by atoms with Crippen LogP contribution >= 0.6 is 0 Å². The topological polar surface area (TPSA) is 43.4 Å². The van der Waals surface area contributed by atoms with E-state index in [4.69, 9.17) is 4.18 Å². The molecule has 0 spiro atoms. The maximum absolute atomic E-state index is 13.5. The van der Waals surface area contributed by atoms with E-state index in [0.29, 0.717) is 0 Å². The lowest BCUT2D eigenvalue weighted by Crippen LogP contribution is -2.13. The molecule has 2 aromatic rings. The first kappa shape index (κ1) is 15.4. The average molecular weight is 316 g/mol. The average Bonchev–Trinajstić information content (AvgIpc) is 2.31. The molecular formula is C14H11F3O3S. The van der Waals surface area contributed by atoms with Crippen LogP contribution in [0.4, 0.5) is 13.2 Å². The Bertz CT molecular complexity index is 781. The normalized spacial score (nSPS) is 11.5. The van der Waals surface area contributed by atoms with Crippen molar-refractivity contribution in [3.05, 3.63) is 58.9 Å². The van der Waals surface area contributed by atoms with Crippen LogP contribution in [0, 0.1) is 31.3 Å². The molecule has 0 aromatic heterocycles. The molecule has 0 radical (unpaired) electrons. The Hall–Kier alpha value is -2.02. The van der Waals surface area contributed by atoms with Gasteiger partial charge in [-0.2, -0.15) is 8.42 Å². The largest absolute Gasteiger partial charge is 0.379 e. The van der Waals surface area contributed by atoms with Crippen LogP contribution in [0.3, 0.4) is 0 Å². The van der Waals surface area contributed by atoms with Gasteiger partial charge in [-0.05, 0) is 37.1 Å². The molecule has 0 aliphatic rings. The second-order valence-electron chi connectivity index (χ2n) is 4.56. The van der Waals surface area contributed by atoms with E-state index >= 15 is 0 Å². The first-order valence-electron chi connectivity index (χ1n) is 5.86. The Kier molecular flexibility index (Phi) is 3.95. The van der Waals surface area contributed by atoms with Crippen LogP contribution < -0.4 is 4.18 Å². The van der Waals surface area contributed by atoms with Gasteiger partial charge >= 0.3 is 10.1 Å². The highest BCUT2D eigenvalue weighted by atomic mass is 32.2. The lowest BCUT2D eigenvalue weighted by atomic mass is 10.1. The van der Waals surface area contributed by atoms with Gasteiger partial charge in [0, 0.05) is 12.1 Å². The number of hydrogen-bond donors (Lipinski definition) is 0. The molecule has 112 valence electrons. The summed E-state index contributed by atoms with van der Waals surface area (Å²) in [5, 5.41) is 0. The zero-order valence-corrected chi connectivity index (χ0v) is 12.0. The zero-order chi connectivity index (χ0) is 15.8. The van der Waals surface area contributed by atoms with Crippen molar-refractivity contribution in [2.45, 2.75) is 18.7 Å². The number of aryl methyl sites for hydroxylation is 2. The standard InChI is InChI=1S/C14H11F3O3S/c1-8-3-9(2)5-10(4-8)20-21(18,19)14-7-12(16)11(15)6-13(14)17/h3-7H,1-2H3. The molecule has 2 aromatic carbocycles. The SMILES string of the molecule is Cc1cc(C)cc(OS(=O)(=O)c2cc(F)c(F)cc2F)c1. The van der Waals surface area contributed by atoms with Crippen LogP contribution in [-0.2, 0) is 10.1 Å². The molecular weight excluding hydrogens is 305 g/mol.